The van der Waals surface area contributed by atoms with Gasteiger partial charge in [-0.1, -0.05) is 23.7 Å². The van der Waals surface area contributed by atoms with Crippen LogP contribution in [0.5, 0.6) is 0 Å². The smallest absolute Gasteiger partial charge is 0.249 e. The Morgan fingerprint density at radius 2 is 2.16 bits per heavy atom. The van der Waals surface area contributed by atoms with E-state index in [-0.39, 0.29) is 6.04 Å². The Labute approximate surface area is 121 Å². The molecule has 1 heterocycles. The summed E-state index contributed by atoms with van der Waals surface area (Å²) in [5, 5.41) is 8.66. The van der Waals surface area contributed by atoms with Gasteiger partial charge in [-0.05, 0) is 31.2 Å². The number of hydrogen-bond acceptors (Lipinski definition) is 5. The predicted molar refractivity (Wildman–Crippen MR) is 79.2 cm³/mol. The van der Waals surface area contributed by atoms with Gasteiger partial charge >= 0.3 is 0 Å². The first kappa shape index (κ1) is 14.4. The minimum Gasteiger partial charge on any atom is -0.420 e. The van der Waals surface area contributed by atoms with Gasteiger partial charge in [-0.3, -0.25) is 0 Å². The van der Waals surface area contributed by atoms with E-state index in [2.05, 4.69) is 10.2 Å². The fourth-order valence-corrected chi connectivity index (χ4v) is 2.67. The minimum absolute atomic E-state index is 0.230. The molecule has 0 aliphatic rings. The van der Waals surface area contributed by atoms with E-state index < -0.39 is 0 Å². The largest absolute Gasteiger partial charge is 0.420 e. The molecule has 4 nitrogen and oxygen atoms in total. The van der Waals surface area contributed by atoms with Crippen molar-refractivity contribution in [1.29, 1.82) is 0 Å². The van der Waals surface area contributed by atoms with Crippen LogP contribution in [0.1, 0.15) is 19.2 Å². The molecule has 1 aromatic carbocycles. The summed E-state index contributed by atoms with van der Waals surface area (Å²) in [4.78, 5) is 0. The molecule has 0 aliphatic heterocycles. The SMILES string of the molecule is CC(N)CCSCc1nnc(-c2ccccc2Cl)o1. The van der Waals surface area contributed by atoms with E-state index in [4.69, 9.17) is 21.8 Å². The van der Waals surface area contributed by atoms with Gasteiger partial charge in [0.25, 0.3) is 0 Å². The third kappa shape index (κ3) is 4.23. The van der Waals surface area contributed by atoms with Crippen molar-refractivity contribution in [2.75, 3.05) is 5.75 Å². The molecular weight excluding hydrogens is 282 g/mol. The molecule has 0 radical (unpaired) electrons. The third-order valence-corrected chi connectivity index (χ3v) is 3.82. The number of aromatic nitrogens is 2. The lowest BCUT2D eigenvalue weighted by molar-refractivity contribution is 0.528. The second-order valence-electron chi connectivity index (χ2n) is 4.30. The summed E-state index contributed by atoms with van der Waals surface area (Å²) in [6.45, 7) is 2.00. The van der Waals surface area contributed by atoms with E-state index in [1.54, 1.807) is 17.8 Å². The van der Waals surface area contributed by atoms with Crippen molar-refractivity contribution in [3.05, 3.63) is 35.2 Å². The molecule has 0 saturated heterocycles. The van der Waals surface area contributed by atoms with Gasteiger partial charge in [-0.15, -0.1) is 10.2 Å². The normalized spacial score (nSPS) is 12.6. The number of thioether (sulfide) groups is 1. The van der Waals surface area contributed by atoms with Gasteiger partial charge in [0, 0.05) is 6.04 Å². The van der Waals surface area contributed by atoms with Gasteiger partial charge in [0.15, 0.2) is 0 Å². The summed E-state index contributed by atoms with van der Waals surface area (Å²) in [6, 6.07) is 7.66. The zero-order valence-corrected chi connectivity index (χ0v) is 12.2. The van der Waals surface area contributed by atoms with Crippen LogP contribution < -0.4 is 5.73 Å². The monoisotopic (exact) mass is 297 g/mol. The number of benzene rings is 1. The maximum absolute atomic E-state index is 6.08. The first-order chi connectivity index (χ1) is 9.16. The molecule has 0 aliphatic carbocycles. The van der Waals surface area contributed by atoms with Gasteiger partial charge in [-0.2, -0.15) is 11.8 Å². The number of hydrogen-bond donors (Lipinski definition) is 1. The van der Waals surface area contributed by atoms with Crippen LogP contribution in [-0.4, -0.2) is 22.0 Å². The Morgan fingerprint density at radius 1 is 1.37 bits per heavy atom. The highest BCUT2D eigenvalue weighted by Gasteiger charge is 2.11. The van der Waals surface area contributed by atoms with Crippen LogP contribution in [0, 0.1) is 0 Å². The fourth-order valence-electron chi connectivity index (χ4n) is 1.48. The summed E-state index contributed by atoms with van der Waals surface area (Å²) < 4.78 is 5.60. The van der Waals surface area contributed by atoms with Crippen LogP contribution in [-0.2, 0) is 5.75 Å². The molecule has 0 fully saturated rings. The van der Waals surface area contributed by atoms with Crippen LogP contribution in [0.2, 0.25) is 5.02 Å². The van der Waals surface area contributed by atoms with E-state index >= 15 is 0 Å². The van der Waals surface area contributed by atoms with Gasteiger partial charge in [-0.25, -0.2) is 0 Å². The second kappa shape index (κ2) is 6.93. The molecule has 2 rings (SSSR count). The molecule has 19 heavy (non-hydrogen) atoms. The molecule has 2 aromatic rings. The molecular formula is C13H16ClN3OS. The fraction of sp³-hybridized carbons (Fsp3) is 0.385. The van der Waals surface area contributed by atoms with Crippen molar-refractivity contribution in [2.45, 2.75) is 25.1 Å². The van der Waals surface area contributed by atoms with Crippen LogP contribution in [0.15, 0.2) is 28.7 Å². The number of nitrogens with zero attached hydrogens (tertiary/aromatic N) is 2. The summed E-state index contributed by atoms with van der Waals surface area (Å²) in [7, 11) is 0. The highest BCUT2D eigenvalue weighted by molar-refractivity contribution is 7.98. The first-order valence-electron chi connectivity index (χ1n) is 6.07. The van der Waals surface area contributed by atoms with Gasteiger partial charge in [0.05, 0.1) is 16.3 Å². The van der Waals surface area contributed by atoms with Crippen LogP contribution in [0.4, 0.5) is 0 Å². The van der Waals surface area contributed by atoms with Crippen molar-refractivity contribution in [3.63, 3.8) is 0 Å². The molecule has 1 atom stereocenters. The summed E-state index contributed by atoms with van der Waals surface area (Å²) in [5.41, 5.74) is 6.46. The average Bonchev–Trinajstić information content (AvgIpc) is 2.83. The topological polar surface area (TPSA) is 64.9 Å². The average molecular weight is 298 g/mol. The first-order valence-corrected chi connectivity index (χ1v) is 7.60. The van der Waals surface area contributed by atoms with E-state index in [0.29, 0.717) is 22.6 Å². The van der Waals surface area contributed by atoms with Crippen molar-refractivity contribution >= 4 is 23.4 Å². The standard InChI is InChI=1S/C13H16ClN3OS/c1-9(15)6-7-19-8-12-16-17-13(18-12)10-4-2-3-5-11(10)14/h2-5,9H,6-8,15H2,1H3. The number of halogens is 1. The van der Waals surface area contributed by atoms with Crippen LogP contribution in [0.25, 0.3) is 11.5 Å². The third-order valence-electron chi connectivity index (χ3n) is 2.51. The molecule has 0 bridgehead atoms. The van der Waals surface area contributed by atoms with Crippen LogP contribution in [0.3, 0.4) is 0 Å². The van der Waals surface area contributed by atoms with E-state index in [1.807, 2.05) is 25.1 Å². The van der Waals surface area contributed by atoms with Gasteiger partial charge < -0.3 is 10.2 Å². The van der Waals surface area contributed by atoms with E-state index in [9.17, 15) is 0 Å². The van der Waals surface area contributed by atoms with Crippen molar-refractivity contribution in [1.82, 2.24) is 10.2 Å². The predicted octanol–water partition coefficient (Wildman–Crippen LogP) is 3.36. The lowest BCUT2D eigenvalue weighted by atomic mass is 10.2. The molecule has 1 unspecified atom stereocenters. The highest BCUT2D eigenvalue weighted by atomic mass is 35.5. The Morgan fingerprint density at radius 3 is 2.89 bits per heavy atom. The lowest BCUT2D eigenvalue weighted by Gasteiger charge is -2.02. The molecule has 102 valence electrons. The van der Waals surface area contributed by atoms with E-state index in [0.717, 1.165) is 17.7 Å². The Hall–Kier alpha value is -1.04. The molecule has 0 saturated carbocycles. The van der Waals surface area contributed by atoms with Crippen molar-refractivity contribution in [3.8, 4) is 11.5 Å². The van der Waals surface area contributed by atoms with Gasteiger partial charge in [0.1, 0.15) is 0 Å². The number of rotatable bonds is 6. The van der Waals surface area contributed by atoms with Crippen molar-refractivity contribution < 1.29 is 4.42 Å². The summed E-state index contributed by atoms with van der Waals surface area (Å²) >= 11 is 7.82. The summed E-state index contributed by atoms with van der Waals surface area (Å²) in [5.74, 6) is 2.77. The molecule has 0 spiro atoms. The molecule has 1 aromatic heterocycles. The Balaban J connectivity index is 1.94. The highest BCUT2D eigenvalue weighted by Crippen LogP contribution is 2.26. The molecule has 0 amide bonds. The lowest BCUT2D eigenvalue weighted by Crippen LogP contribution is -2.15. The Bertz CT molecular complexity index is 530. The van der Waals surface area contributed by atoms with Crippen LogP contribution >= 0.6 is 23.4 Å². The summed E-state index contributed by atoms with van der Waals surface area (Å²) in [6.07, 6.45) is 0.982. The zero-order valence-electron chi connectivity index (χ0n) is 10.7. The molecule has 2 N–H and O–H groups in total. The zero-order chi connectivity index (χ0) is 13.7. The van der Waals surface area contributed by atoms with E-state index in [1.165, 1.54) is 0 Å². The minimum atomic E-state index is 0.230. The van der Waals surface area contributed by atoms with Crippen molar-refractivity contribution in [2.24, 2.45) is 5.73 Å². The quantitative estimate of drug-likeness (QED) is 0.828. The Kier molecular flexibility index (Phi) is 5.24. The second-order valence-corrected chi connectivity index (χ2v) is 5.81. The molecule has 6 heteroatoms. The maximum atomic E-state index is 6.08. The maximum Gasteiger partial charge on any atom is 0.249 e. The number of nitrogens with two attached hydrogens (primary N) is 1. The van der Waals surface area contributed by atoms with Gasteiger partial charge in [0.2, 0.25) is 11.8 Å².